The molecular weight excluding hydrogens is 236 g/mol. The summed E-state index contributed by atoms with van der Waals surface area (Å²) >= 11 is 0. The van der Waals surface area contributed by atoms with Crippen LogP contribution < -0.4 is 10.6 Å². The SMILES string of the molecule is C=CCNC(=NC)NCc1ccc(CN(C)C)cc1. The molecule has 0 amide bonds. The second kappa shape index (κ2) is 8.32. The van der Waals surface area contributed by atoms with Gasteiger partial charge in [-0.1, -0.05) is 30.3 Å². The van der Waals surface area contributed by atoms with E-state index >= 15 is 0 Å². The molecule has 1 aromatic rings. The molecule has 0 radical (unpaired) electrons. The van der Waals surface area contributed by atoms with Gasteiger partial charge in [-0.25, -0.2) is 0 Å². The molecule has 0 saturated carbocycles. The molecule has 104 valence electrons. The van der Waals surface area contributed by atoms with Crippen molar-refractivity contribution in [1.82, 2.24) is 15.5 Å². The van der Waals surface area contributed by atoms with Crippen LogP contribution in [0.3, 0.4) is 0 Å². The summed E-state index contributed by atoms with van der Waals surface area (Å²) in [4.78, 5) is 6.30. The van der Waals surface area contributed by atoms with Crippen molar-refractivity contribution in [2.45, 2.75) is 13.1 Å². The second-order valence-electron chi connectivity index (χ2n) is 4.65. The summed E-state index contributed by atoms with van der Waals surface area (Å²) in [5.74, 6) is 0.789. The van der Waals surface area contributed by atoms with Crippen LogP contribution in [-0.4, -0.2) is 38.5 Å². The number of benzene rings is 1. The van der Waals surface area contributed by atoms with E-state index in [9.17, 15) is 0 Å². The monoisotopic (exact) mass is 260 g/mol. The topological polar surface area (TPSA) is 39.7 Å². The molecular formula is C15H24N4. The van der Waals surface area contributed by atoms with Crippen LogP contribution in [0, 0.1) is 0 Å². The summed E-state index contributed by atoms with van der Waals surface area (Å²) in [6.07, 6.45) is 1.81. The molecule has 0 aliphatic rings. The molecule has 0 aromatic heterocycles. The molecule has 0 fully saturated rings. The number of nitrogens with one attached hydrogen (secondary N) is 2. The van der Waals surface area contributed by atoms with Gasteiger partial charge in [0.25, 0.3) is 0 Å². The van der Waals surface area contributed by atoms with Gasteiger partial charge in [0.05, 0.1) is 0 Å². The van der Waals surface area contributed by atoms with E-state index in [1.165, 1.54) is 11.1 Å². The van der Waals surface area contributed by atoms with Gasteiger partial charge in [-0.3, -0.25) is 4.99 Å². The maximum Gasteiger partial charge on any atom is 0.191 e. The Morgan fingerprint density at radius 3 is 2.37 bits per heavy atom. The average molecular weight is 260 g/mol. The molecule has 0 aliphatic heterocycles. The van der Waals surface area contributed by atoms with Crippen LogP contribution in [-0.2, 0) is 13.1 Å². The Labute approximate surface area is 116 Å². The zero-order chi connectivity index (χ0) is 14.1. The minimum absolute atomic E-state index is 0.710. The Morgan fingerprint density at radius 2 is 1.84 bits per heavy atom. The molecule has 0 aliphatic carbocycles. The van der Waals surface area contributed by atoms with Crippen LogP contribution in [0.15, 0.2) is 41.9 Å². The lowest BCUT2D eigenvalue weighted by Gasteiger charge is -2.12. The van der Waals surface area contributed by atoms with Crippen molar-refractivity contribution in [3.05, 3.63) is 48.0 Å². The van der Waals surface area contributed by atoms with Gasteiger partial charge < -0.3 is 15.5 Å². The summed E-state index contributed by atoms with van der Waals surface area (Å²) in [7, 11) is 5.91. The fourth-order valence-electron chi connectivity index (χ4n) is 1.70. The van der Waals surface area contributed by atoms with E-state index in [0.29, 0.717) is 6.54 Å². The predicted octanol–water partition coefficient (Wildman–Crippen LogP) is 1.60. The molecule has 0 spiro atoms. The Kier molecular flexibility index (Phi) is 6.68. The Hall–Kier alpha value is -1.81. The normalized spacial score (nSPS) is 11.5. The first-order chi connectivity index (χ1) is 9.15. The van der Waals surface area contributed by atoms with Gasteiger partial charge in [0.1, 0.15) is 0 Å². The van der Waals surface area contributed by atoms with Crippen molar-refractivity contribution in [1.29, 1.82) is 0 Å². The minimum Gasteiger partial charge on any atom is -0.353 e. The van der Waals surface area contributed by atoms with Crippen molar-refractivity contribution < 1.29 is 0 Å². The van der Waals surface area contributed by atoms with E-state index in [2.05, 4.69) is 65.5 Å². The maximum atomic E-state index is 4.14. The third-order valence-corrected chi connectivity index (χ3v) is 2.62. The molecule has 0 saturated heterocycles. The first-order valence-corrected chi connectivity index (χ1v) is 6.43. The van der Waals surface area contributed by atoms with Crippen LogP contribution in [0.25, 0.3) is 0 Å². The summed E-state index contributed by atoms with van der Waals surface area (Å²) in [5.41, 5.74) is 2.56. The summed E-state index contributed by atoms with van der Waals surface area (Å²) in [6, 6.07) is 8.62. The summed E-state index contributed by atoms with van der Waals surface area (Å²) in [6.45, 7) is 6.11. The number of aliphatic imine (C=N–C) groups is 1. The number of rotatable bonds is 6. The number of nitrogens with zero attached hydrogens (tertiary/aromatic N) is 2. The highest BCUT2D eigenvalue weighted by Crippen LogP contribution is 2.05. The van der Waals surface area contributed by atoms with Gasteiger partial charge in [0.15, 0.2) is 5.96 Å². The average Bonchev–Trinajstić information content (AvgIpc) is 2.40. The van der Waals surface area contributed by atoms with Crippen molar-refractivity contribution in [2.75, 3.05) is 27.7 Å². The van der Waals surface area contributed by atoms with Gasteiger partial charge in [-0.2, -0.15) is 0 Å². The number of guanidine groups is 1. The van der Waals surface area contributed by atoms with Gasteiger partial charge in [-0.15, -0.1) is 6.58 Å². The summed E-state index contributed by atoms with van der Waals surface area (Å²) in [5, 5.41) is 6.40. The standard InChI is InChI=1S/C15H24N4/c1-5-10-17-15(16-2)18-11-13-6-8-14(9-7-13)12-19(3)4/h5-9H,1,10-12H2,2-4H3,(H2,16,17,18). The van der Waals surface area contributed by atoms with Crippen molar-refractivity contribution in [2.24, 2.45) is 4.99 Å². The number of hydrogen-bond acceptors (Lipinski definition) is 2. The summed E-state index contributed by atoms with van der Waals surface area (Å²) < 4.78 is 0. The lowest BCUT2D eigenvalue weighted by Crippen LogP contribution is -2.36. The van der Waals surface area contributed by atoms with Crippen LogP contribution >= 0.6 is 0 Å². The van der Waals surface area contributed by atoms with E-state index in [1.54, 1.807) is 7.05 Å². The quantitative estimate of drug-likeness (QED) is 0.464. The van der Waals surface area contributed by atoms with Crippen LogP contribution in [0.1, 0.15) is 11.1 Å². The third kappa shape index (κ3) is 6.06. The highest BCUT2D eigenvalue weighted by molar-refractivity contribution is 5.79. The molecule has 2 N–H and O–H groups in total. The zero-order valence-corrected chi connectivity index (χ0v) is 12.1. The van der Waals surface area contributed by atoms with E-state index in [-0.39, 0.29) is 0 Å². The Morgan fingerprint density at radius 1 is 1.21 bits per heavy atom. The fourth-order valence-corrected chi connectivity index (χ4v) is 1.70. The van der Waals surface area contributed by atoms with E-state index in [1.807, 2.05) is 6.08 Å². The van der Waals surface area contributed by atoms with Crippen LogP contribution in [0.4, 0.5) is 0 Å². The molecule has 4 nitrogen and oxygen atoms in total. The van der Waals surface area contributed by atoms with E-state index in [0.717, 1.165) is 19.0 Å². The molecule has 0 unspecified atom stereocenters. The number of hydrogen-bond donors (Lipinski definition) is 2. The Balaban J connectivity index is 2.46. The van der Waals surface area contributed by atoms with Gasteiger partial charge >= 0.3 is 0 Å². The van der Waals surface area contributed by atoms with Crippen LogP contribution in [0.2, 0.25) is 0 Å². The largest absolute Gasteiger partial charge is 0.353 e. The second-order valence-corrected chi connectivity index (χ2v) is 4.65. The molecule has 1 aromatic carbocycles. The van der Waals surface area contributed by atoms with Gasteiger partial charge in [-0.05, 0) is 25.2 Å². The highest BCUT2D eigenvalue weighted by atomic mass is 15.2. The smallest absolute Gasteiger partial charge is 0.191 e. The van der Waals surface area contributed by atoms with Crippen molar-refractivity contribution in [3.8, 4) is 0 Å². The first-order valence-electron chi connectivity index (χ1n) is 6.43. The third-order valence-electron chi connectivity index (χ3n) is 2.62. The minimum atomic E-state index is 0.710. The first kappa shape index (κ1) is 15.2. The van der Waals surface area contributed by atoms with Gasteiger partial charge in [0, 0.05) is 26.7 Å². The molecule has 0 atom stereocenters. The predicted molar refractivity (Wildman–Crippen MR) is 82.2 cm³/mol. The fraction of sp³-hybridized carbons (Fsp3) is 0.400. The molecule has 1 rings (SSSR count). The zero-order valence-electron chi connectivity index (χ0n) is 12.1. The van der Waals surface area contributed by atoms with Gasteiger partial charge in [0.2, 0.25) is 0 Å². The van der Waals surface area contributed by atoms with Crippen molar-refractivity contribution >= 4 is 5.96 Å². The lowest BCUT2D eigenvalue weighted by atomic mass is 10.1. The highest BCUT2D eigenvalue weighted by Gasteiger charge is 1.98. The molecule has 0 bridgehead atoms. The molecule has 4 heteroatoms. The van der Waals surface area contributed by atoms with Crippen molar-refractivity contribution in [3.63, 3.8) is 0 Å². The molecule has 0 heterocycles. The van der Waals surface area contributed by atoms with Crippen LogP contribution in [0.5, 0.6) is 0 Å². The van der Waals surface area contributed by atoms with E-state index < -0.39 is 0 Å². The van der Waals surface area contributed by atoms with E-state index in [4.69, 9.17) is 0 Å². The Bertz CT molecular complexity index is 407. The maximum absolute atomic E-state index is 4.14. The lowest BCUT2D eigenvalue weighted by molar-refractivity contribution is 0.402. The molecule has 19 heavy (non-hydrogen) atoms.